The van der Waals surface area contributed by atoms with Crippen LogP contribution in [-0.4, -0.2) is 35.6 Å². The summed E-state index contributed by atoms with van der Waals surface area (Å²) >= 11 is 0. The van der Waals surface area contributed by atoms with Gasteiger partial charge in [0, 0.05) is 6.20 Å². The van der Waals surface area contributed by atoms with Gasteiger partial charge in [-0.05, 0) is 26.8 Å². The minimum Gasteiger partial charge on any atom is -0.462 e. The molecule has 0 saturated carbocycles. The number of hydrogen-bond donors (Lipinski definition) is 0. The average molecular weight is 391 g/mol. The first-order valence-corrected chi connectivity index (χ1v) is 8.71. The summed E-state index contributed by atoms with van der Waals surface area (Å²) in [6, 6.07) is 5.66. The molecule has 9 nitrogen and oxygen atoms in total. The molecule has 29 heavy (non-hydrogen) atoms. The van der Waals surface area contributed by atoms with E-state index >= 15 is 0 Å². The molecule has 2 aliphatic rings. The summed E-state index contributed by atoms with van der Waals surface area (Å²) in [5.74, 6) is -2.13. The van der Waals surface area contributed by atoms with E-state index in [4.69, 9.17) is 9.47 Å². The number of rotatable bonds is 4. The molecule has 2 heterocycles. The lowest BCUT2D eigenvalue weighted by atomic mass is 9.55. The van der Waals surface area contributed by atoms with Crippen molar-refractivity contribution < 1.29 is 19.1 Å². The van der Waals surface area contributed by atoms with Gasteiger partial charge in [0.1, 0.15) is 11.3 Å². The van der Waals surface area contributed by atoms with Crippen molar-refractivity contribution in [3.05, 3.63) is 35.7 Å². The second-order valence-corrected chi connectivity index (χ2v) is 6.48. The van der Waals surface area contributed by atoms with Crippen LogP contribution in [0.1, 0.15) is 20.8 Å². The molecule has 0 aliphatic carbocycles. The Kier molecular flexibility index (Phi) is 5.77. The molecule has 0 aromatic rings. The van der Waals surface area contributed by atoms with Crippen molar-refractivity contribution in [3.8, 4) is 24.3 Å². The SMILES string of the molecule is CCOC(=O)C1=C(C(=O)OC(C)C)N2C=CC=CC2C(C#N)(C#N)C1(C#N)C#N. The maximum absolute atomic E-state index is 12.9. The lowest BCUT2D eigenvalue weighted by Gasteiger charge is -2.47. The summed E-state index contributed by atoms with van der Waals surface area (Å²) in [6.07, 6.45) is 5.26. The van der Waals surface area contributed by atoms with Gasteiger partial charge in [0.05, 0.1) is 43.0 Å². The van der Waals surface area contributed by atoms with E-state index in [-0.39, 0.29) is 6.61 Å². The number of esters is 2. The van der Waals surface area contributed by atoms with Crippen LogP contribution in [0, 0.1) is 56.2 Å². The van der Waals surface area contributed by atoms with Crippen molar-refractivity contribution in [2.75, 3.05) is 6.61 Å². The van der Waals surface area contributed by atoms with Gasteiger partial charge in [0.15, 0.2) is 0 Å². The zero-order valence-electron chi connectivity index (χ0n) is 16.0. The van der Waals surface area contributed by atoms with Gasteiger partial charge in [-0.15, -0.1) is 0 Å². The number of allylic oxidation sites excluding steroid dienone is 2. The highest BCUT2D eigenvalue weighted by Crippen LogP contribution is 2.54. The Balaban J connectivity index is 3.04. The van der Waals surface area contributed by atoms with Crippen LogP contribution in [0.4, 0.5) is 0 Å². The highest BCUT2D eigenvalue weighted by atomic mass is 16.5. The molecule has 146 valence electrons. The molecule has 0 saturated heterocycles. The van der Waals surface area contributed by atoms with Crippen LogP contribution in [0.5, 0.6) is 0 Å². The van der Waals surface area contributed by atoms with Gasteiger partial charge in [0.25, 0.3) is 0 Å². The van der Waals surface area contributed by atoms with Crippen LogP contribution >= 0.6 is 0 Å². The van der Waals surface area contributed by atoms with Gasteiger partial charge in [-0.3, -0.25) is 0 Å². The first kappa shape index (κ1) is 21.2. The molecule has 9 heteroatoms. The molecule has 0 N–H and O–H groups in total. The maximum Gasteiger partial charge on any atom is 0.355 e. The fourth-order valence-electron chi connectivity index (χ4n) is 3.36. The van der Waals surface area contributed by atoms with E-state index < -0.39 is 46.2 Å². The van der Waals surface area contributed by atoms with E-state index in [0.29, 0.717) is 0 Å². The topological polar surface area (TPSA) is 151 Å². The fraction of sp³-hybridized carbons (Fsp3) is 0.400. The number of hydrogen-bond acceptors (Lipinski definition) is 9. The van der Waals surface area contributed by atoms with Crippen LogP contribution in [0.3, 0.4) is 0 Å². The Morgan fingerprint density at radius 2 is 1.72 bits per heavy atom. The van der Waals surface area contributed by atoms with Crippen molar-refractivity contribution in [2.45, 2.75) is 32.9 Å². The summed E-state index contributed by atoms with van der Waals surface area (Å²) in [5.41, 5.74) is -6.01. The van der Waals surface area contributed by atoms with Crippen LogP contribution < -0.4 is 0 Å². The number of nitrogens with zero attached hydrogens (tertiary/aromatic N) is 5. The van der Waals surface area contributed by atoms with E-state index in [0.717, 1.165) is 0 Å². The summed E-state index contributed by atoms with van der Waals surface area (Å²) in [7, 11) is 0. The molecule has 2 aliphatic heterocycles. The van der Waals surface area contributed by atoms with Crippen LogP contribution in [-0.2, 0) is 19.1 Å². The predicted molar refractivity (Wildman–Crippen MR) is 96.1 cm³/mol. The lowest BCUT2D eigenvalue weighted by Crippen LogP contribution is -2.60. The Bertz CT molecular complexity index is 966. The van der Waals surface area contributed by atoms with Gasteiger partial charge < -0.3 is 14.4 Å². The monoisotopic (exact) mass is 391 g/mol. The quantitative estimate of drug-likeness (QED) is 0.650. The van der Waals surface area contributed by atoms with Gasteiger partial charge >= 0.3 is 11.9 Å². The van der Waals surface area contributed by atoms with Crippen molar-refractivity contribution >= 4 is 11.9 Å². The maximum atomic E-state index is 12.9. The zero-order valence-corrected chi connectivity index (χ0v) is 16.0. The number of carbonyl (C=O) groups excluding carboxylic acids is 2. The molecular formula is C20H17N5O4. The first-order valence-electron chi connectivity index (χ1n) is 8.71. The second kappa shape index (κ2) is 7.89. The van der Waals surface area contributed by atoms with E-state index in [1.807, 2.05) is 0 Å². The van der Waals surface area contributed by atoms with Crippen molar-refractivity contribution in [2.24, 2.45) is 10.8 Å². The van der Waals surface area contributed by atoms with Crippen molar-refractivity contribution in [1.29, 1.82) is 21.0 Å². The van der Waals surface area contributed by atoms with E-state index in [9.17, 15) is 30.6 Å². The Morgan fingerprint density at radius 3 is 2.21 bits per heavy atom. The molecule has 0 radical (unpaired) electrons. The van der Waals surface area contributed by atoms with E-state index in [2.05, 4.69) is 0 Å². The fourth-order valence-corrected chi connectivity index (χ4v) is 3.36. The summed E-state index contributed by atoms with van der Waals surface area (Å²) in [5, 5.41) is 39.8. The average Bonchev–Trinajstić information content (AvgIpc) is 2.71. The third-order valence-electron chi connectivity index (χ3n) is 4.56. The highest BCUT2D eigenvalue weighted by molar-refractivity contribution is 6.03. The van der Waals surface area contributed by atoms with Crippen LogP contribution in [0.25, 0.3) is 0 Å². The lowest BCUT2D eigenvalue weighted by molar-refractivity contribution is -0.148. The third kappa shape index (κ3) is 2.90. The van der Waals surface area contributed by atoms with Crippen LogP contribution in [0.15, 0.2) is 35.7 Å². The van der Waals surface area contributed by atoms with Gasteiger partial charge in [-0.2, -0.15) is 21.0 Å². The molecule has 0 aromatic heterocycles. The Morgan fingerprint density at radius 1 is 1.10 bits per heavy atom. The minimum absolute atomic E-state index is 0.118. The van der Waals surface area contributed by atoms with Gasteiger partial charge in [-0.1, -0.05) is 12.2 Å². The van der Waals surface area contributed by atoms with Crippen molar-refractivity contribution in [3.63, 3.8) is 0 Å². The minimum atomic E-state index is -2.59. The Hall–Kier alpha value is -4.08. The smallest absolute Gasteiger partial charge is 0.355 e. The largest absolute Gasteiger partial charge is 0.462 e. The van der Waals surface area contributed by atoms with Gasteiger partial charge in [0.2, 0.25) is 10.8 Å². The first-order chi connectivity index (χ1) is 13.8. The molecular weight excluding hydrogens is 374 g/mol. The summed E-state index contributed by atoms with van der Waals surface area (Å²) < 4.78 is 10.2. The molecule has 0 fully saturated rings. The summed E-state index contributed by atoms with van der Waals surface area (Å²) in [4.78, 5) is 27.0. The summed E-state index contributed by atoms with van der Waals surface area (Å²) in [6.45, 7) is 4.56. The van der Waals surface area contributed by atoms with Crippen molar-refractivity contribution in [1.82, 2.24) is 4.90 Å². The van der Waals surface area contributed by atoms with Crippen LogP contribution in [0.2, 0.25) is 0 Å². The second-order valence-electron chi connectivity index (χ2n) is 6.48. The van der Waals surface area contributed by atoms with E-state index in [1.54, 1.807) is 38.1 Å². The standard InChI is InChI=1S/C20H17N5O4/c1-4-28-17(26)15-16(18(27)29-13(2)3)25-8-6-5-7-14(25)19(9-21,10-22)20(15,11-23)12-24/h5-8,13-14H,4H2,1-3H3. The number of fused-ring (bicyclic) bond motifs is 1. The predicted octanol–water partition coefficient (Wildman–Crippen LogP) is 1.59. The molecule has 0 amide bonds. The molecule has 2 rings (SSSR count). The molecule has 0 bridgehead atoms. The van der Waals surface area contributed by atoms with Gasteiger partial charge in [-0.25, -0.2) is 9.59 Å². The Labute approximate surface area is 167 Å². The molecule has 1 unspecified atom stereocenters. The highest BCUT2D eigenvalue weighted by Gasteiger charge is 2.69. The van der Waals surface area contributed by atoms with E-state index in [1.165, 1.54) is 36.3 Å². The number of ether oxygens (including phenoxy) is 2. The molecule has 0 aromatic carbocycles. The number of nitriles is 4. The molecule has 0 spiro atoms. The number of carbonyl (C=O) groups is 2. The normalized spacial score (nSPS) is 20.6. The molecule has 1 atom stereocenters. The zero-order chi connectivity index (χ0) is 21.8. The third-order valence-corrected chi connectivity index (χ3v) is 4.56.